The van der Waals surface area contributed by atoms with E-state index in [0.29, 0.717) is 11.3 Å². The SMILES string of the molecule is CC(O)c1cccc(NC(=O)c2cc(F)cc(-c3cc(=O)[nH]c(N)n3)c2)c1.O=CO. The zero-order chi connectivity index (χ0) is 22.3. The van der Waals surface area contributed by atoms with E-state index in [-0.39, 0.29) is 29.2 Å². The highest BCUT2D eigenvalue weighted by molar-refractivity contribution is 6.05. The van der Waals surface area contributed by atoms with E-state index in [9.17, 15) is 19.1 Å². The smallest absolute Gasteiger partial charge is 0.290 e. The second kappa shape index (κ2) is 9.94. The fraction of sp³-hybridized carbons (Fsp3) is 0.100. The number of aliphatic hydroxyl groups excluding tert-OH is 1. The maximum atomic E-state index is 14.0. The van der Waals surface area contributed by atoms with Gasteiger partial charge in [-0.2, -0.15) is 0 Å². The van der Waals surface area contributed by atoms with Gasteiger partial charge in [0.05, 0.1) is 11.8 Å². The lowest BCUT2D eigenvalue weighted by molar-refractivity contribution is -0.122. The molecule has 30 heavy (non-hydrogen) atoms. The van der Waals surface area contributed by atoms with Crippen molar-refractivity contribution in [1.82, 2.24) is 9.97 Å². The predicted octanol–water partition coefficient (Wildman–Crippen LogP) is 2.16. The van der Waals surface area contributed by atoms with Gasteiger partial charge in [-0.05, 0) is 42.8 Å². The van der Waals surface area contributed by atoms with Gasteiger partial charge < -0.3 is 21.3 Å². The van der Waals surface area contributed by atoms with Crippen LogP contribution in [0.3, 0.4) is 0 Å². The van der Waals surface area contributed by atoms with Crippen molar-refractivity contribution in [2.45, 2.75) is 13.0 Å². The molecule has 156 valence electrons. The number of benzene rings is 2. The first-order valence-electron chi connectivity index (χ1n) is 8.58. The van der Waals surface area contributed by atoms with Crippen LogP contribution >= 0.6 is 0 Å². The predicted molar refractivity (Wildman–Crippen MR) is 108 cm³/mol. The van der Waals surface area contributed by atoms with Crippen LogP contribution in [0.5, 0.6) is 0 Å². The number of aliphatic hydroxyl groups is 1. The number of halogens is 1. The number of aromatic amines is 1. The van der Waals surface area contributed by atoms with Gasteiger partial charge in [-0.1, -0.05) is 12.1 Å². The molecule has 1 amide bonds. The first-order chi connectivity index (χ1) is 14.2. The lowest BCUT2D eigenvalue weighted by Gasteiger charge is -2.10. The van der Waals surface area contributed by atoms with Crippen molar-refractivity contribution < 1.29 is 24.2 Å². The average Bonchev–Trinajstić information content (AvgIpc) is 2.67. The molecule has 9 nitrogen and oxygen atoms in total. The first-order valence-corrected chi connectivity index (χ1v) is 8.58. The summed E-state index contributed by atoms with van der Waals surface area (Å²) < 4.78 is 14.0. The molecule has 6 N–H and O–H groups in total. The zero-order valence-electron chi connectivity index (χ0n) is 15.8. The molecule has 1 unspecified atom stereocenters. The van der Waals surface area contributed by atoms with E-state index >= 15 is 0 Å². The van der Waals surface area contributed by atoms with Crippen LogP contribution in [-0.4, -0.2) is 32.6 Å². The van der Waals surface area contributed by atoms with Crippen molar-refractivity contribution in [1.29, 1.82) is 0 Å². The van der Waals surface area contributed by atoms with Crippen LogP contribution in [0.15, 0.2) is 53.3 Å². The number of hydrogen-bond acceptors (Lipinski definition) is 6. The van der Waals surface area contributed by atoms with E-state index in [1.165, 1.54) is 12.1 Å². The molecule has 3 rings (SSSR count). The molecule has 0 aliphatic carbocycles. The molecule has 1 aromatic heterocycles. The topological polar surface area (TPSA) is 158 Å². The molecule has 0 saturated heterocycles. The van der Waals surface area contributed by atoms with E-state index in [1.54, 1.807) is 31.2 Å². The summed E-state index contributed by atoms with van der Waals surface area (Å²) in [4.78, 5) is 38.7. The number of amides is 1. The van der Waals surface area contributed by atoms with Crippen molar-refractivity contribution in [2.24, 2.45) is 0 Å². The maximum absolute atomic E-state index is 14.0. The monoisotopic (exact) mass is 414 g/mol. The van der Waals surface area contributed by atoms with Crippen LogP contribution < -0.4 is 16.6 Å². The normalized spacial score (nSPS) is 11.0. The highest BCUT2D eigenvalue weighted by Crippen LogP contribution is 2.22. The summed E-state index contributed by atoms with van der Waals surface area (Å²) in [5.74, 6) is -1.31. The van der Waals surface area contributed by atoms with Gasteiger partial charge >= 0.3 is 0 Å². The molecule has 0 aliphatic heterocycles. The van der Waals surface area contributed by atoms with Gasteiger partial charge in [0.1, 0.15) is 5.82 Å². The Balaban J connectivity index is 0.00000101. The van der Waals surface area contributed by atoms with E-state index in [4.69, 9.17) is 15.6 Å². The molecule has 0 aliphatic rings. The first kappa shape index (κ1) is 22.2. The summed E-state index contributed by atoms with van der Waals surface area (Å²) >= 11 is 0. The Morgan fingerprint density at radius 1 is 1.27 bits per heavy atom. The molecule has 1 atom stereocenters. The molecule has 2 aromatic carbocycles. The molecule has 1 heterocycles. The van der Waals surface area contributed by atoms with Crippen LogP contribution in [0.25, 0.3) is 11.3 Å². The number of carbonyl (C=O) groups excluding carboxylic acids is 1. The number of nitrogens with zero attached hydrogens (tertiary/aromatic N) is 1. The Hall–Kier alpha value is -4.05. The maximum Gasteiger partial charge on any atom is 0.290 e. The van der Waals surface area contributed by atoms with Gasteiger partial charge in [0.25, 0.3) is 17.9 Å². The summed E-state index contributed by atoms with van der Waals surface area (Å²) in [7, 11) is 0. The number of anilines is 2. The fourth-order valence-corrected chi connectivity index (χ4v) is 2.57. The largest absolute Gasteiger partial charge is 0.483 e. The number of carboxylic acid groups (broad SMARTS) is 1. The zero-order valence-corrected chi connectivity index (χ0v) is 15.8. The van der Waals surface area contributed by atoms with E-state index in [2.05, 4.69) is 15.3 Å². The Morgan fingerprint density at radius 2 is 1.97 bits per heavy atom. The number of H-pyrrole nitrogens is 1. The van der Waals surface area contributed by atoms with Gasteiger partial charge in [-0.15, -0.1) is 0 Å². The van der Waals surface area contributed by atoms with E-state index < -0.39 is 23.4 Å². The Kier molecular flexibility index (Phi) is 7.37. The minimum atomic E-state index is -0.685. The Labute approximate surface area is 170 Å². The van der Waals surface area contributed by atoms with Crippen LogP contribution in [0.1, 0.15) is 28.9 Å². The van der Waals surface area contributed by atoms with Crippen molar-refractivity contribution in [2.75, 3.05) is 11.1 Å². The number of carbonyl (C=O) groups is 2. The molecule has 0 fully saturated rings. The second-order valence-electron chi connectivity index (χ2n) is 6.11. The average molecular weight is 414 g/mol. The summed E-state index contributed by atoms with van der Waals surface area (Å²) in [5, 5.41) is 19.2. The summed E-state index contributed by atoms with van der Waals surface area (Å²) in [5.41, 5.74) is 6.57. The third-order valence-corrected chi connectivity index (χ3v) is 3.84. The van der Waals surface area contributed by atoms with Gasteiger partial charge in [-0.3, -0.25) is 19.4 Å². The van der Waals surface area contributed by atoms with Crippen molar-refractivity contribution in [3.05, 3.63) is 75.8 Å². The third-order valence-electron chi connectivity index (χ3n) is 3.84. The van der Waals surface area contributed by atoms with Crippen molar-refractivity contribution in [3.8, 4) is 11.3 Å². The number of aromatic nitrogens is 2. The lowest BCUT2D eigenvalue weighted by Crippen LogP contribution is -2.13. The van der Waals surface area contributed by atoms with Gasteiger partial charge in [0.2, 0.25) is 5.95 Å². The van der Waals surface area contributed by atoms with E-state index in [1.807, 2.05) is 0 Å². The highest BCUT2D eigenvalue weighted by atomic mass is 19.1. The Bertz CT molecular complexity index is 1110. The standard InChI is InChI=1S/C19H17FN4O3.CH2O2/c1-10(25)11-3-2-4-15(8-11)22-18(27)13-5-12(6-14(20)7-13)16-9-17(26)24-19(21)23-16;2-1-3/h2-10,25H,1H3,(H,22,27)(H3,21,23,24,26);1H,(H,2,3). The minimum Gasteiger partial charge on any atom is -0.483 e. The summed E-state index contributed by atoms with van der Waals surface area (Å²) in [6, 6.07) is 11.5. The highest BCUT2D eigenvalue weighted by Gasteiger charge is 2.13. The number of nitrogens with one attached hydrogen (secondary N) is 2. The molecule has 0 radical (unpaired) electrons. The number of nitrogen functional groups attached to an aromatic ring is 1. The van der Waals surface area contributed by atoms with Crippen LogP contribution in [0.4, 0.5) is 16.0 Å². The molecule has 0 spiro atoms. The van der Waals surface area contributed by atoms with Gasteiger partial charge in [0, 0.05) is 22.9 Å². The van der Waals surface area contributed by atoms with Gasteiger partial charge in [0.15, 0.2) is 0 Å². The van der Waals surface area contributed by atoms with Crippen LogP contribution in [-0.2, 0) is 4.79 Å². The van der Waals surface area contributed by atoms with Gasteiger partial charge in [-0.25, -0.2) is 9.37 Å². The quantitative estimate of drug-likeness (QED) is 0.409. The molecule has 0 saturated carbocycles. The molecule has 3 aromatic rings. The summed E-state index contributed by atoms with van der Waals surface area (Å²) in [6.45, 7) is 1.36. The minimum absolute atomic E-state index is 0.0492. The summed E-state index contributed by atoms with van der Waals surface area (Å²) in [6.07, 6.45) is -0.685. The fourth-order valence-electron chi connectivity index (χ4n) is 2.57. The lowest BCUT2D eigenvalue weighted by atomic mass is 10.1. The van der Waals surface area contributed by atoms with Crippen molar-refractivity contribution >= 4 is 24.0 Å². The molecular formula is C20H19FN4O5. The number of hydrogen-bond donors (Lipinski definition) is 5. The second-order valence-corrected chi connectivity index (χ2v) is 6.11. The third kappa shape index (κ3) is 5.97. The number of rotatable bonds is 4. The Morgan fingerprint density at radius 3 is 2.60 bits per heavy atom. The molecular weight excluding hydrogens is 395 g/mol. The van der Waals surface area contributed by atoms with Crippen LogP contribution in [0.2, 0.25) is 0 Å². The molecule has 10 heteroatoms. The van der Waals surface area contributed by atoms with E-state index in [0.717, 1.165) is 12.1 Å². The number of nitrogens with two attached hydrogens (primary N) is 1. The van der Waals surface area contributed by atoms with Crippen molar-refractivity contribution in [3.63, 3.8) is 0 Å². The molecule has 0 bridgehead atoms. The van der Waals surface area contributed by atoms with Crippen LogP contribution in [0, 0.1) is 5.82 Å².